The van der Waals surface area contributed by atoms with Crippen LogP contribution in [0.1, 0.15) is 26.7 Å². The van der Waals surface area contributed by atoms with Gasteiger partial charge in [-0.15, -0.1) is 0 Å². The highest BCUT2D eigenvalue weighted by atomic mass is 19.4. The number of hydrogen-bond acceptors (Lipinski definition) is 3. The fourth-order valence-corrected chi connectivity index (χ4v) is 1.89. The van der Waals surface area contributed by atoms with Crippen molar-refractivity contribution in [2.24, 2.45) is 5.92 Å². The van der Waals surface area contributed by atoms with E-state index in [1.54, 1.807) is 4.90 Å². The van der Waals surface area contributed by atoms with Crippen LogP contribution in [0.15, 0.2) is 0 Å². The molecule has 1 atom stereocenters. The highest BCUT2D eigenvalue weighted by Crippen LogP contribution is 2.27. The summed E-state index contributed by atoms with van der Waals surface area (Å²) in [6.45, 7) is 4.37. The van der Waals surface area contributed by atoms with Crippen LogP contribution in [0.3, 0.4) is 0 Å². The molecule has 106 valence electrons. The quantitative estimate of drug-likeness (QED) is 0.678. The van der Waals surface area contributed by atoms with Gasteiger partial charge in [0.1, 0.15) is 0 Å². The van der Waals surface area contributed by atoms with Gasteiger partial charge in [-0.3, -0.25) is 4.90 Å². The monoisotopic (exact) mass is 266 g/mol. The van der Waals surface area contributed by atoms with Crippen LogP contribution >= 0.6 is 0 Å². The number of rotatable bonds is 8. The predicted molar refractivity (Wildman–Crippen MR) is 63.0 cm³/mol. The Bertz CT molecular complexity index is 259. The maximum Gasteiger partial charge on any atom is 0.405 e. The molecule has 6 heteroatoms. The molecule has 18 heavy (non-hydrogen) atoms. The number of methoxy groups -OCH3 is 1. The second-order valence-corrected chi connectivity index (χ2v) is 4.18. The van der Waals surface area contributed by atoms with Crippen molar-refractivity contribution in [1.29, 1.82) is 5.26 Å². The number of alkyl halides is 3. The van der Waals surface area contributed by atoms with Crippen molar-refractivity contribution < 1.29 is 17.9 Å². The van der Waals surface area contributed by atoms with Gasteiger partial charge in [-0.25, -0.2) is 0 Å². The first kappa shape index (κ1) is 17.2. The lowest BCUT2D eigenvalue weighted by molar-refractivity contribution is -0.165. The third kappa shape index (κ3) is 5.69. The Hall–Kier alpha value is -0.800. The van der Waals surface area contributed by atoms with E-state index in [1.165, 1.54) is 13.2 Å². The van der Waals surface area contributed by atoms with Crippen LogP contribution in [0.25, 0.3) is 0 Å². The molecule has 0 amide bonds. The lowest BCUT2D eigenvalue weighted by Crippen LogP contribution is -2.43. The van der Waals surface area contributed by atoms with Crippen molar-refractivity contribution in [3.05, 3.63) is 0 Å². The van der Waals surface area contributed by atoms with Gasteiger partial charge in [0, 0.05) is 26.2 Å². The highest BCUT2D eigenvalue weighted by molar-refractivity contribution is 4.91. The zero-order valence-corrected chi connectivity index (χ0v) is 11.1. The van der Waals surface area contributed by atoms with Crippen molar-refractivity contribution in [3.8, 4) is 6.07 Å². The molecular weight excluding hydrogens is 245 g/mol. The van der Waals surface area contributed by atoms with Crippen molar-refractivity contribution >= 4 is 0 Å². The molecular formula is C12H21F3N2O. The number of nitriles is 1. The molecule has 0 aliphatic carbocycles. The number of hydrogen-bond donors (Lipinski definition) is 0. The summed E-state index contributed by atoms with van der Waals surface area (Å²) in [5.74, 6) is -1.94. The molecule has 0 aliphatic heterocycles. The van der Waals surface area contributed by atoms with Crippen molar-refractivity contribution in [2.45, 2.75) is 38.9 Å². The first-order valence-electron chi connectivity index (χ1n) is 6.09. The van der Waals surface area contributed by atoms with E-state index in [4.69, 9.17) is 10.00 Å². The van der Waals surface area contributed by atoms with Crippen LogP contribution in [0.4, 0.5) is 13.2 Å². The average molecular weight is 266 g/mol. The Morgan fingerprint density at radius 2 is 1.83 bits per heavy atom. The maximum atomic E-state index is 12.6. The third-order valence-electron chi connectivity index (χ3n) is 3.01. The van der Waals surface area contributed by atoms with E-state index >= 15 is 0 Å². The van der Waals surface area contributed by atoms with Gasteiger partial charge < -0.3 is 4.74 Å². The molecule has 0 aromatic carbocycles. The Kier molecular flexibility index (Phi) is 7.96. The lowest BCUT2D eigenvalue weighted by atomic mass is 10.1. The zero-order chi connectivity index (χ0) is 14.2. The molecule has 3 nitrogen and oxygen atoms in total. The summed E-state index contributed by atoms with van der Waals surface area (Å²) in [6.07, 6.45) is -2.95. The van der Waals surface area contributed by atoms with E-state index in [-0.39, 0.29) is 12.6 Å². The summed E-state index contributed by atoms with van der Waals surface area (Å²) in [6, 6.07) is 1.40. The van der Waals surface area contributed by atoms with Crippen LogP contribution in [-0.2, 0) is 4.74 Å². The van der Waals surface area contributed by atoms with Crippen LogP contribution in [0, 0.1) is 17.2 Å². The minimum atomic E-state index is -4.47. The van der Waals surface area contributed by atoms with Crippen LogP contribution in [0.2, 0.25) is 0 Å². The van der Waals surface area contributed by atoms with Gasteiger partial charge in [0.05, 0.1) is 12.7 Å². The van der Waals surface area contributed by atoms with Gasteiger partial charge in [0.2, 0.25) is 0 Å². The van der Waals surface area contributed by atoms with E-state index in [0.29, 0.717) is 13.2 Å². The molecule has 0 aliphatic rings. The van der Waals surface area contributed by atoms with E-state index < -0.39 is 12.1 Å². The maximum absolute atomic E-state index is 12.6. The summed E-state index contributed by atoms with van der Waals surface area (Å²) in [5, 5.41) is 8.64. The van der Waals surface area contributed by atoms with Crippen LogP contribution in [-0.4, -0.2) is 43.9 Å². The molecule has 0 radical (unpaired) electrons. The Morgan fingerprint density at radius 3 is 2.17 bits per heavy atom. The van der Waals surface area contributed by atoms with Gasteiger partial charge >= 0.3 is 6.18 Å². The summed E-state index contributed by atoms with van der Waals surface area (Å²) < 4.78 is 42.7. The smallest absolute Gasteiger partial charge is 0.383 e. The molecule has 0 rings (SSSR count). The first-order chi connectivity index (χ1) is 8.40. The highest BCUT2D eigenvalue weighted by Gasteiger charge is 2.41. The summed E-state index contributed by atoms with van der Waals surface area (Å²) in [5.41, 5.74) is 0. The van der Waals surface area contributed by atoms with E-state index in [1.807, 2.05) is 13.8 Å². The molecule has 1 unspecified atom stereocenters. The van der Waals surface area contributed by atoms with E-state index in [9.17, 15) is 13.2 Å². The van der Waals surface area contributed by atoms with E-state index in [0.717, 1.165) is 12.8 Å². The topological polar surface area (TPSA) is 36.3 Å². The minimum absolute atomic E-state index is 0.0540. The molecule has 0 bridgehead atoms. The van der Waals surface area contributed by atoms with Gasteiger partial charge in [0.25, 0.3) is 0 Å². The molecule has 0 spiro atoms. The van der Waals surface area contributed by atoms with Gasteiger partial charge in [0.15, 0.2) is 5.92 Å². The largest absolute Gasteiger partial charge is 0.405 e. The molecule has 0 aromatic heterocycles. The predicted octanol–water partition coefficient (Wildman–Crippen LogP) is 2.83. The second kappa shape index (κ2) is 8.33. The van der Waals surface area contributed by atoms with Gasteiger partial charge in [-0.05, 0) is 12.8 Å². The van der Waals surface area contributed by atoms with Crippen molar-refractivity contribution in [1.82, 2.24) is 4.90 Å². The standard InChI is InChI=1S/C12H21F3N2O/c1-4-11(5-2)17(6-7-18-3)9-10(8-16)12(13,14)15/h10-11H,4-7,9H2,1-3H3. The Morgan fingerprint density at radius 1 is 1.28 bits per heavy atom. The normalized spacial score (nSPS) is 13.9. The number of ether oxygens (including phenoxy) is 1. The summed E-state index contributed by atoms with van der Waals surface area (Å²) in [7, 11) is 1.51. The van der Waals surface area contributed by atoms with Gasteiger partial charge in [-0.2, -0.15) is 18.4 Å². The summed E-state index contributed by atoms with van der Waals surface area (Å²) in [4.78, 5) is 1.70. The number of halogens is 3. The Balaban J connectivity index is 4.70. The summed E-state index contributed by atoms with van der Waals surface area (Å²) >= 11 is 0. The van der Waals surface area contributed by atoms with Crippen LogP contribution in [0.5, 0.6) is 0 Å². The molecule has 0 saturated heterocycles. The average Bonchev–Trinajstić information content (AvgIpc) is 2.31. The molecule has 0 saturated carbocycles. The Labute approximate surface area is 107 Å². The van der Waals surface area contributed by atoms with Crippen molar-refractivity contribution in [2.75, 3.05) is 26.8 Å². The minimum Gasteiger partial charge on any atom is -0.383 e. The number of nitrogens with zero attached hydrogens (tertiary/aromatic N) is 2. The fourth-order valence-electron chi connectivity index (χ4n) is 1.89. The van der Waals surface area contributed by atoms with Gasteiger partial charge in [-0.1, -0.05) is 13.8 Å². The molecule has 0 heterocycles. The first-order valence-corrected chi connectivity index (χ1v) is 6.09. The SMILES string of the molecule is CCC(CC)N(CCOC)CC(C#N)C(F)(F)F. The molecule has 0 aromatic rings. The zero-order valence-electron chi connectivity index (χ0n) is 11.1. The molecule has 0 N–H and O–H groups in total. The lowest BCUT2D eigenvalue weighted by Gasteiger charge is -2.32. The van der Waals surface area contributed by atoms with Crippen LogP contribution < -0.4 is 0 Å². The third-order valence-corrected chi connectivity index (χ3v) is 3.01. The van der Waals surface area contributed by atoms with E-state index in [2.05, 4.69) is 0 Å². The molecule has 0 fully saturated rings. The second-order valence-electron chi connectivity index (χ2n) is 4.18. The fraction of sp³-hybridized carbons (Fsp3) is 0.917. The van der Waals surface area contributed by atoms with Crippen molar-refractivity contribution in [3.63, 3.8) is 0 Å².